The highest BCUT2D eigenvalue weighted by Crippen LogP contribution is 2.31. The molecule has 1 atom stereocenters. The van der Waals surface area contributed by atoms with Gasteiger partial charge in [0, 0.05) is 5.75 Å². The first-order chi connectivity index (χ1) is 4.12. The molecule has 0 aliphatic carbocycles. The zero-order chi connectivity index (χ0) is 6.91. The van der Waals surface area contributed by atoms with Crippen molar-refractivity contribution in [2.24, 2.45) is 0 Å². The van der Waals surface area contributed by atoms with E-state index in [1.807, 2.05) is 11.8 Å². The Morgan fingerprint density at radius 3 is 2.56 bits per heavy atom. The minimum atomic E-state index is 0.245. The van der Waals surface area contributed by atoms with Crippen molar-refractivity contribution >= 4 is 11.8 Å². The molecule has 0 aromatic carbocycles. The summed E-state index contributed by atoms with van der Waals surface area (Å²) in [5.74, 6) is 1.16. The van der Waals surface area contributed by atoms with Crippen LogP contribution in [0, 0.1) is 0 Å². The molecule has 0 bridgehead atoms. The van der Waals surface area contributed by atoms with Gasteiger partial charge in [-0.05, 0) is 12.2 Å². The maximum atomic E-state index is 5.23. The molecule has 0 aromatic rings. The molecule has 54 valence electrons. The van der Waals surface area contributed by atoms with Gasteiger partial charge in [0.15, 0.2) is 0 Å². The van der Waals surface area contributed by atoms with Crippen LogP contribution in [0.5, 0.6) is 0 Å². The Hall–Kier alpha value is 0.310. The number of rotatable bonds is 3. The average molecular weight is 146 g/mol. The Kier molecular flexibility index (Phi) is 2.07. The monoisotopic (exact) mass is 146 g/mol. The van der Waals surface area contributed by atoms with E-state index >= 15 is 0 Å². The predicted octanol–water partition coefficient (Wildman–Crippen LogP) is 1.92. The minimum absolute atomic E-state index is 0.245. The second kappa shape index (κ2) is 2.51. The van der Waals surface area contributed by atoms with E-state index in [1.165, 1.54) is 0 Å². The molecule has 0 spiro atoms. The van der Waals surface area contributed by atoms with Crippen LogP contribution in [-0.2, 0) is 4.74 Å². The van der Waals surface area contributed by atoms with E-state index in [1.54, 1.807) is 0 Å². The molecule has 1 fully saturated rings. The van der Waals surface area contributed by atoms with Gasteiger partial charge in [0.1, 0.15) is 0 Å². The summed E-state index contributed by atoms with van der Waals surface area (Å²) in [4.78, 5) is 0. The third-order valence-electron chi connectivity index (χ3n) is 1.36. The molecular weight excluding hydrogens is 132 g/mol. The van der Waals surface area contributed by atoms with Gasteiger partial charge < -0.3 is 4.74 Å². The highest BCUT2D eigenvalue weighted by molar-refractivity contribution is 7.99. The van der Waals surface area contributed by atoms with Crippen molar-refractivity contribution in [3.05, 3.63) is 0 Å². The molecule has 2 heteroatoms. The van der Waals surface area contributed by atoms with Gasteiger partial charge in [-0.3, -0.25) is 0 Å². The topological polar surface area (TPSA) is 12.5 Å². The van der Waals surface area contributed by atoms with Crippen LogP contribution in [0.2, 0.25) is 0 Å². The number of thioether (sulfide) groups is 1. The highest BCUT2D eigenvalue weighted by Gasteiger charge is 2.38. The molecule has 1 heterocycles. The molecule has 9 heavy (non-hydrogen) atoms. The summed E-state index contributed by atoms with van der Waals surface area (Å²) >= 11 is 1.98. The van der Waals surface area contributed by atoms with E-state index < -0.39 is 0 Å². The van der Waals surface area contributed by atoms with E-state index in [0.29, 0.717) is 0 Å². The standard InChI is InChI=1S/C7H14OS/c1-6(2)9-5-7(3)4-8-7/h6H,4-5H2,1-3H3. The SMILES string of the molecule is CC(C)SCC1(C)CO1. The van der Waals surface area contributed by atoms with Crippen molar-refractivity contribution in [1.29, 1.82) is 0 Å². The average Bonchev–Trinajstić information content (AvgIpc) is 2.45. The van der Waals surface area contributed by atoms with Crippen LogP contribution in [0.3, 0.4) is 0 Å². The Balaban J connectivity index is 2.05. The van der Waals surface area contributed by atoms with Crippen LogP contribution in [0.4, 0.5) is 0 Å². The molecule has 1 aliphatic heterocycles. The van der Waals surface area contributed by atoms with Crippen LogP contribution in [0.1, 0.15) is 20.8 Å². The van der Waals surface area contributed by atoms with Gasteiger partial charge in [-0.15, -0.1) is 0 Å². The van der Waals surface area contributed by atoms with Crippen molar-refractivity contribution in [3.8, 4) is 0 Å². The quantitative estimate of drug-likeness (QED) is 0.564. The van der Waals surface area contributed by atoms with E-state index in [2.05, 4.69) is 20.8 Å². The lowest BCUT2D eigenvalue weighted by molar-refractivity contribution is 0.348. The molecule has 1 saturated heterocycles. The summed E-state index contributed by atoms with van der Waals surface area (Å²) in [5.41, 5.74) is 0.245. The number of epoxide rings is 1. The van der Waals surface area contributed by atoms with E-state index in [0.717, 1.165) is 17.6 Å². The smallest absolute Gasteiger partial charge is 0.0978 e. The normalized spacial score (nSPS) is 33.3. The summed E-state index contributed by atoms with van der Waals surface area (Å²) in [5, 5.41) is 0.742. The van der Waals surface area contributed by atoms with Gasteiger partial charge in [0.25, 0.3) is 0 Å². The van der Waals surface area contributed by atoms with Crippen LogP contribution in [0.15, 0.2) is 0 Å². The molecule has 1 aliphatic rings. The molecule has 0 radical (unpaired) electrons. The maximum Gasteiger partial charge on any atom is 0.0978 e. The van der Waals surface area contributed by atoms with Crippen LogP contribution in [-0.4, -0.2) is 23.2 Å². The van der Waals surface area contributed by atoms with Gasteiger partial charge >= 0.3 is 0 Å². The van der Waals surface area contributed by atoms with Crippen molar-refractivity contribution < 1.29 is 4.74 Å². The van der Waals surface area contributed by atoms with Gasteiger partial charge in [0.05, 0.1) is 12.2 Å². The van der Waals surface area contributed by atoms with E-state index in [4.69, 9.17) is 4.74 Å². The minimum Gasteiger partial charge on any atom is -0.369 e. The fourth-order valence-electron chi connectivity index (χ4n) is 0.549. The largest absolute Gasteiger partial charge is 0.369 e. The molecular formula is C7H14OS. The summed E-state index contributed by atoms with van der Waals surface area (Å²) in [6.45, 7) is 7.57. The van der Waals surface area contributed by atoms with Gasteiger partial charge in [-0.2, -0.15) is 11.8 Å². The third-order valence-corrected chi connectivity index (χ3v) is 2.80. The lowest BCUT2D eigenvalue weighted by Crippen LogP contribution is -2.09. The second-order valence-electron chi connectivity index (χ2n) is 3.10. The molecule has 1 rings (SSSR count). The predicted molar refractivity (Wildman–Crippen MR) is 42.0 cm³/mol. The maximum absolute atomic E-state index is 5.23. The first-order valence-corrected chi connectivity index (χ1v) is 4.43. The summed E-state index contributed by atoms with van der Waals surface area (Å²) in [7, 11) is 0. The first kappa shape index (κ1) is 7.42. The van der Waals surface area contributed by atoms with Crippen LogP contribution in [0.25, 0.3) is 0 Å². The Labute approximate surface area is 61.2 Å². The molecule has 1 unspecified atom stereocenters. The molecule has 0 N–H and O–H groups in total. The Bertz CT molecular complexity index is 97.1. The first-order valence-electron chi connectivity index (χ1n) is 3.38. The van der Waals surface area contributed by atoms with Crippen LogP contribution < -0.4 is 0 Å². The summed E-state index contributed by atoms with van der Waals surface area (Å²) < 4.78 is 5.23. The number of hydrogen-bond acceptors (Lipinski definition) is 2. The van der Waals surface area contributed by atoms with Crippen molar-refractivity contribution in [1.82, 2.24) is 0 Å². The molecule has 0 saturated carbocycles. The highest BCUT2D eigenvalue weighted by atomic mass is 32.2. The van der Waals surface area contributed by atoms with Gasteiger partial charge in [-0.1, -0.05) is 13.8 Å². The number of ether oxygens (including phenoxy) is 1. The lowest BCUT2D eigenvalue weighted by Gasteiger charge is -2.06. The fourth-order valence-corrected chi connectivity index (χ4v) is 1.40. The van der Waals surface area contributed by atoms with Crippen molar-refractivity contribution in [3.63, 3.8) is 0 Å². The second-order valence-corrected chi connectivity index (χ2v) is 4.66. The summed E-state index contributed by atoms with van der Waals surface area (Å²) in [6, 6.07) is 0. The molecule has 1 nitrogen and oxygen atoms in total. The molecule has 0 aromatic heterocycles. The van der Waals surface area contributed by atoms with Crippen molar-refractivity contribution in [2.75, 3.05) is 12.4 Å². The zero-order valence-corrected chi connectivity index (χ0v) is 7.12. The van der Waals surface area contributed by atoms with Crippen LogP contribution >= 0.6 is 11.8 Å². The Morgan fingerprint density at radius 2 is 2.22 bits per heavy atom. The van der Waals surface area contributed by atoms with Gasteiger partial charge in [0.2, 0.25) is 0 Å². The van der Waals surface area contributed by atoms with E-state index in [9.17, 15) is 0 Å². The Morgan fingerprint density at radius 1 is 1.67 bits per heavy atom. The third kappa shape index (κ3) is 2.59. The zero-order valence-electron chi connectivity index (χ0n) is 6.31. The molecule has 0 amide bonds. The van der Waals surface area contributed by atoms with Crippen molar-refractivity contribution in [2.45, 2.75) is 31.6 Å². The summed E-state index contributed by atoms with van der Waals surface area (Å²) in [6.07, 6.45) is 0. The number of hydrogen-bond donors (Lipinski definition) is 0. The van der Waals surface area contributed by atoms with E-state index in [-0.39, 0.29) is 5.60 Å². The lowest BCUT2D eigenvalue weighted by atomic mass is 10.3. The van der Waals surface area contributed by atoms with Gasteiger partial charge in [-0.25, -0.2) is 0 Å². The fraction of sp³-hybridized carbons (Fsp3) is 1.00.